The van der Waals surface area contributed by atoms with E-state index in [1.54, 1.807) is 36.5 Å². The lowest BCUT2D eigenvalue weighted by Gasteiger charge is -2.09. The molecule has 0 unspecified atom stereocenters. The molecule has 0 aliphatic heterocycles. The van der Waals surface area contributed by atoms with Gasteiger partial charge in [0.15, 0.2) is 0 Å². The first-order valence-corrected chi connectivity index (χ1v) is 9.21. The first-order chi connectivity index (χ1) is 13.6. The monoisotopic (exact) mass is 410 g/mol. The van der Waals surface area contributed by atoms with Gasteiger partial charge in [0.05, 0.1) is 12.2 Å². The molecule has 2 heterocycles. The molecule has 5 nitrogen and oxygen atoms in total. The zero-order valence-corrected chi connectivity index (χ0v) is 16.3. The van der Waals surface area contributed by atoms with E-state index in [4.69, 9.17) is 23.2 Å². The Morgan fingerprint density at radius 1 is 1.21 bits per heavy atom. The summed E-state index contributed by atoms with van der Waals surface area (Å²) in [7, 11) is 0. The fraction of sp³-hybridized carbons (Fsp3) is 0.0952. The molecule has 28 heavy (non-hydrogen) atoms. The van der Waals surface area contributed by atoms with Gasteiger partial charge < -0.3 is 9.88 Å². The zero-order valence-electron chi connectivity index (χ0n) is 14.8. The molecule has 0 saturated carbocycles. The summed E-state index contributed by atoms with van der Waals surface area (Å²) in [6, 6.07) is 16.4. The van der Waals surface area contributed by atoms with Crippen molar-refractivity contribution in [2.75, 3.05) is 0 Å². The average Bonchev–Trinajstić information content (AvgIpc) is 3.14. The van der Waals surface area contributed by atoms with Crippen molar-refractivity contribution < 1.29 is 4.79 Å². The van der Waals surface area contributed by atoms with Crippen LogP contribution in [0.2, 0.25) is 10.0 Å². The number of amides is 1. The number of nitriles is 1. The van der Waals surface area contributed by atoms with E-state index in [1.165, 1.54) is 0 Å². The van der Waals surface area contributed by atoms with Crippen molar-refractivity contribution >= 4 is 35.2 Å². The lowest BCUT2D eigenvalue weighted by Crippen LogP contribution is -2.24. The molecule has 3 rings (SSSR count). The van der Waals surface area contributed by atoms with Gasteiger partial charge in [-0.15, -0.1) is 0 Å². The summed E-state index contributed by atoms with van der Waals surface area (Å²) in [5.74, 6) is -0.453. The second kappa shape index (κ2) is 9.23. The predicted octanol–water partition coefficient (Wildman–Crippen LogP) is 4.46. The van der Waals surface area contributed by atoms with Gasteiger partial charge in [-0.25, -0.2) is 0 Å². The number of pyridine rings is 1. The molecule has 2 aromatic heterocycles. The molecule has 7 heteroatoms. The zero-order chi connectivity index (χ0) is 19.9. The first kappa shape index (κ1) is 19.7. The number of nitrogens with zero attached hydrogens (tertiary/aromatic N) is 3. The van der Waals surface area contributed by atoms with Crippen LogP contribution in [0.1, 0.15) is 17.0 Å². The van der Waals surface area contributed by atoms with Crippen LogP contribution in [-0.4, -0.2) is 15.5 Å². The number of nitrogens with one attached hydrogen (secondary N) is 1. The Morgan fingerprint density at radius 3 is 2.79 bits per heavy atom. The van der Waals surface area contributed by atoms with Crippen LogP contribution in [0, 0.1) is 11.3 Å². The number of carbonyl (C=O) groups excluding carboxylic acids is 1. The molecule has 3 aromatic rings. The SMILES string of the molecule is N#CC(=Cc1cccn1Cc1ccc(Cl)cc1Cl)C(=O)NCc1ccccn1. The maximum Gasteiger partial charge on any atom is 0.262 e. The molecule has 1 amide bonds. The van der Waals surface area contributed by atoms with E-state index < -0.39 is 5.91 Å². The molecule has 1 N–H and O–H groups in total. The Balaban J connectivity index is 1.75. The highest BCUT2D eigenvalue weighted by Gasteiger charge is 2.11. The normalized spacial score (nSPS) is 11.1. The molecular formula is C21H16Cl2N4O. The van der Waals surface area contributed by atoms with E-state index in [0.29, 0.717) is 22.3 Å². The maximum absolute atomic E-state index is 12.4. The van der Waals surface area contributed by atoms with Gasteiger partial charge in [0.2, 0.25) is 0 Å². The van der Waals surface area contributed by atoms with Crippen LogP contribution in [0.15, 0.2) is 66.5 Å². The van der Waals surface area contributed by atoms with Gasteiger partial charge in [-0.1, -0.05) is 35.3 Å². The molecular weight excluding hydrogens is 395 g/mol. The maximum atomic E-state index is 12.4. The van der Waals surface area contributed by atoms with Crippen LogP contribution in [0.25, 0.3) is 6.08 Å². The van der Waals surface area contributed by atoms with E-state index in [2.05, 4.69) is 10.3 Å². The van der Waals surface area contributed by atoms with Crippen molar-refractivity contribution in [2.45, 2.75) is 13.1 Å². The lowest BCUT2D eigenvalue weighted by molar-refractivity contribution is -0.117. The summed E-state index contributed by atoms with van der Waals surface area (Å²) in [6.07, 6.45) is 5.06. The van der Waals surface area contributed by atoms with Gasteiger partial charge >= 0.3 is 0 Å². The summed E-state index contributed by atoms with van der Waals surface area (Å²) in [5, 5.41) is 13.2. The van der Waals surface area contributed by atoms with E-state index >= 15 is 0 Å². The molecule has 140 valence electrons. The summed E-state index contributed by atoms with van der Waals surface area (Å²) < 4.78 is 1.90. The lowest BCUT2D eigenvalue weighted by atomic mass is 10.2. The van der Waals surface area contributed by atoms with E-state index in [9.17, 15) is 10.1 Å². The third-order valence-corrected chi connectivity index (χ3v) is 4.62. The summed E-state index contributed by atoms with van der Waals surface area (Å²) in [6.45, 7) is 0.739. The Bertz CT molecular complexity index is 1050. The average molecular weight is 411 g/mol. The minimum absolute atomic E-state index is 0.0121. The molecule has 1 aromatic carbocycles. The van der Waals surface area contributed by atoms with Crippen molar-refractivity contribution in [3.8, 4) is 6.07 Å². The van der Waals surface area contributed by atoms with Crippen LogP contribution < -0.4 is 5.32 Å². The summed E-state index contributed by atoms with van der Waals surface area (Å²) >= 11 is 12.2. The highest BCUT2D eigenvalue weighted by molar-refractivity contribution is 6.35. The summed E-state index contributed by atoms with van der Waals surface area (Å²) in [4.78, 5) is 16.5. The van der Waals surface area contributed by atoms with Crippen LogP contribution in [0.5, 0.6) is 0 Å². The van der Waals surface area contributed by atoms with Crippen LogP contribution in [0.4, 0.5) is 0 Å². The van der Waals surface area contributed by atoms with Gasteiger partial charge in [0, 0.05) is 34.7 Å². The minimum Gasteiger partial charge on any atom is -0.346 e. The number of rotatable bonds is 6. The molecule has 0 radical (unpaired) electrons. The number of halogens is 2. The van der Waals surface area contributed by atoms with Gasteiger partial charge in [-0.05, 0) is 48.0 Å². The fourth-order valence-electron chi connectivity index (χ4n) is 2.60. The molecule has 0 saturated heterocycles. The highest BCUT2D eigenvalue weighted by Crippen LogP contribution is 2.22. The van der Waals surface area contributed by atoms with E-state index in [1.807, 2.05) is 41.1 Å². The molecule has 0 fully saturated rings. The van der Waals surface area contributed by atoms with Gasteiger partial charge in [0.1, 0.15) is 11.6 Å². The van der Waals surface area contributed by atoms with Crippen LogP contribution in [-0.2, 0) is 17.9 Å². The van der Waals surface area contributed by atoms with E-state index in [0.717, 1.165) is 11.3 Å². The number of hydrogen-bond acceptors (Lipinski definition) is 3. The molecule has 0 bridgehead atoms. The topological polar surface area (TPSA) is 70.7 Å². The highest BCUT2D eigenvalue weighted by atomic mass is 35.5. The van der Waals surface area contributed by atoms with Gasteiger partial charge in [0.25, 0.3) is 5.91 Å². The van der Waals surface area contributed by atoms with Crippen molar-refractivity contribution in [2.24, 2.45) is 0 Å². The van der Waals surface area contributed by atoms with Crippen molar-refractivity contribution in [3.05, 3.63) is 93.5 Å². The number of hydrogen-bond donors (Lipinski definition) is 1. The quantitative estimate of drug-likeness (QED) is 0.481. The van der Waals surface area contributed by atoms with E-state index in [-0.39, 0.29) is 12.1 Å². The Morgan fingerprint density at radius 2 is 2.07 bits per heavy atom. The standard InChI is InChI=1S/C21H16Cl2N4O/c22-17-7-6-15(20(23)11-17)14-27-9-3-5-19(27)10-16(12-24)21(28)26-13-18-4-1-2-8-25-18/h1-11H,13-14H2,(H,26,28). The molecule has 0 atom stereocenters. The van der Waals surface area contributed by atoms with Crippen LogP contribution >= 0.6 is 23.2 Å². The van der Waals surface area contributed by atoms with Crippen molar-refractivity contribution in [1.82, 2.24) is 14.9 Å². The smallest absolute Gasteiger partial charge is 0.262 e. The van der Waals surface area contributed by atoms with Crippen molar-refractivity contribution in [1.29, 1.82) is 5.26 Å². The Labute approximate surface area is 172 Å². The number of benzene rings is 1. The number of aromatic nitrogens is 2. The third kappa shape index (κ3) is 5.01. The molecule has 0 aliphatic rings. The minimum atomic E-state index is -0.453. The molecule has 0 spiro atoms. The molecule has 0 aliphatic carbocycles. The third-order valence-electron chi connectivity index (χ3n) is 4.03. The van der Waals surface area contributed by atoms with Crippen molar-refractivity contribution in [3.63, 3.8) is 0 Å². The number of carbonyl (C=O) groups is 1. The van der Waals surface area contributed by atoms with Crippen LogP contribution in [0.3, 0.4) is 0 Å². The predicted molar refractivity (Wildman–Crippen MR) is 110 cm³/mol. The largest absolute Gasteiger partial charge is 0.346 e. The fourth-order valence-corrected chi connectivity index (χ4v) is 3.07. The van der Waals surface area contributed by atoms with Gasteiger partial charge in [-0.3, -0.25) is 9.78 Å². The second-order valence-corrected chi connectivity index (χ2v) is 6.81. The Hall–Kier alpha value is -3.07. The summed E-state index contributed by atoms with van der Waals surface area (Å²) in [5.41, 5.74) is 2.33. The van der Waals surface area contributed by atoms with Gasteiger partial charge in [-0.2, -0.15) is 5.26 Å². The first-order valence-electron chi connectivity index (χ1n) is 8.46. The second-order valence-electron chi connectivity index (χ2n) is 5.97. The Kier molecular flexibility index (Phi) is 6.49.